The fraction of sp³-hybridized carbons (Fsp3) is 0.808. The zero-order chi connectivity index (χ0) is 24.3. The number of nitrogens with zero attached hydrogens (tertiary/aromatic N) is 1. The van der Waals surface area contributed by atoms with Crippen LogP contribution in [0, 0.1) is 28.6 Å². The third-order valence-corrected chi connectivity index (χ3v) is 11.6. The second-order valence-electron chi connectivity index (χ2n) is 11.6. The Labute approximate surface area is 211 Å². The van der Waals surface area contributed by atoms with E-state index in [2.05, 4.69) is 11.8 Å². The molecule has 0 aromatic carbocycles. The number of thiocarbonyl (C=S) groups is 1. The molecule has 0 spiro atoms. The van der Waals surface area contributed by atoms with Crippen LogP contribution in [0.15, 0.2) is 11.6 Å². The minimum Gasteiger partial charge on any atom is -0.393 e. The lowest BCUT2D eigenvalue weighted by Crippen LogP contribution is -2.62. The van der Waals surface area contributed by atoms with Crippen LogP contribution in [0.2, 0.25) is 0 Å². The van der Waals surface area contributed by atoms with Gasteiger partial charge in [-0.25, -0.2) is 0 Å². The molecule has 188 valence electrons. The molecule has 2 N–H and O–H groups in total. The standard InChI is InChI=1S/C26H37NO5S2/c1-24-7-5-17(28)13-16(24)3-4-18-19-6-8-26(31,25(19,2)14-20(29)22(18)24)21(30)15-34-23(33)27-9-11-32-12-10-27/h13,18-20,22,29,31H,3-12,14-15H2,1-2H3/t18-,19-,20-,22-,24+,25+,26+/m1/s1. The Balaban J connectivity index is 1.34. The number of hydrogen-bond acceptors (Lipinski definition) is 7. The monoisotopic (exact) mass is 507 g/mol. The molecule has 5 rings (SSSR count). The maximum atomic E-state index is 13.5. The van der Waals surface area contributed by atoms with E-state index in [4.69, 9.17) is 17.0 Å². The van der Waals surface area contributed by atoms with Gasteiger partial charge in [0.15, 0.2) is 11.6 Å². The summed E-state index contributed by atoms with van der Waals surface area (Å²) >= 11 is 6.89. The van der Waals surface area contributed by atoms with Crippen LogP contribution in [-0.2, 0) is 14.3 Å². The number of allylic oxidation sites excluding steroid dienone is 1. The van der Waals surface area contributed by atoms with Gasteiger partial charge in [-0.1, -0.05) is 43.4 Å². The second-order valence-corrected chi connectivity index (χ2v) is 13.2. The first-order chi connectivity index (χ1) is 16.1. The first-order valence-corrected chi connectivity index (χ1v) is 14.2. The molecule has 8 heteroatoms. The van der Waals surface area contributed by atoms with Crippen molar-refractivity contribution in [3.63, 3.8) is 0 Å². The van der Waals surface area contributed by atoms with Crippen molar-refractivity contribution in [1.29, 1.82) is 0 Å². The third kappa shape index (κ3) is 3.74. The minimum atomic E-state index is -1.43. The van der Waals surface area contributed by atoms with Gasteiger partial charge in [-0.05, 0) is 67.8 Å². The lowest BCUT2D eigenvalue weighted by atomic mass is 9.45. The van der Waals surface area contributed by atoms with Gasteiger partial charge in [0.2, 0.25) is 0 Å². The Hall–Kier alpha value is -0.800. The molecular weight excluding hydrogens is 470 g/mol. The third-order valence-electron chi connectivity index (χ3n) is 10.1. The van der Waals surface area contributed by atoms with Gasteiger partial charge in [0, 0.05) is 24.9 Å². The molecule has 0 radical (unpaired) electrons. The summed E-state index contributed by atoms with van der Waals surface area (Å²) in [7, 11) is 0. The van der Waals surface area contributed by atoms with Crippen molar-refractivity contribution in [2.24, 2.45) is 28.6 Å². The lowest BCUT2D eigenvalue weighted by molar-refractivity contribution is -0.178. The maximum Gasteiger partial charge on any atom is 0.175 e. The van der Waals surface area contributed by atoms with Gasteiger partial charge in [0.25, 0.3) is 0 Å². The number of hydrogen-bond donors (Lipinski definition) is 2. The highest BCUT2D eigenvalue weighted by Gasteiger charge is 2.68. The fourth-order valence-electron chi connectivity index (χ4n) is 8.23. The van der Waals surface area contributed by atoms with Crippen LogP contribution < -0.4 is 0 Å². The first kappa shape index (κ1) is 24.9. The zero-order valence-corrected chi connectivity index (χ0v) is 21.9. The number of thioether (sulfide) groups is 1. The molecule has 34 heavy (non-hydrogen) atoms. The highest BCUT2D eigenvalue weighted by molar-refractivity contribution is 8.23. The van der Waals surface area contributed by atoms with Crippen molar-refractivity contribution in [1.82, 2.24) is 4.90 Å². The van der Waals surface area contributed by atoms with Gasteiger partial charge in [-0.3, -0.25) is 9.59 Å². The molecule has 1 saturated heterocycles. The van der Waals surface area contributed by atoms with E-state index in [9.17, 15) is 19.8 Å². The minimum absolute atomic E-state index is 0.0828. The zero-order valence-electron chi connectivity index (χ0n) is 20.3. The predicted molar refractivity (Wildman–Crippen MR) is 136 cm³/mol. The molecular formula is C26H37NO5S2. The highest BCUT2D eigenvalue weighted by Crippen LogP contribution is 2.67. The van der Waals surface area contributed by atoms with E-state index in [-0.39, 0.29) is 40.5 Å². The van der Waals surface area contributed by atoms with Crippen LogP contribution in [0.5, 0.6) is 0 Å². The fourth-order valence-corrected chi connectivity index (χ4v) is 9.45. The predicted octanol–water partition coefficient (Wildman–Crippen LogP) is 3.14. The summed E-state index contributed by atoms with van der Waals surface area (Å²) in [6.45, 7) is 7.01. The molecule has 6 nitrogen and oxygen atoms in total. The normalized spacial score (nSPS) is 44.1. The molecule has 0 bridgehead atoms. The smallest absolute Gasteiger partial charge is 0.175 e. The quantitative estimate of drug-likeness (QED) is 0.564. The molecule has 4 aliphatic carbocycles. The van der Waals surface area contributed by atoms with Crippen molar-refractivity contribution in [3.8, 4) is 0 Å². The van der Waals surface area contributed by atoms with E-state index >= 15 is 0 Å². The Kier molecular flexibility index (Phi) is 6.54. The van der Waals surface area contributed by atoms with Crippen LogP contribution >= 0.6 is 24.0 Å². The van der Waals surface area contributed by atoms with Crippen LogP contribution in [0.4, 0.5) is 0 Å². The summed E-state index contributed by atoms with van der Waals surface area (Å²) in [5, 5.41) is 23.4. The van der Waals surface area contributed by atoms with Crippen molar-refractivity contribution >= 4 is 39.9 Å². The number of aliphatic hydroxyl groups is 2. The summed E-state index contributed by atoms with van der Waals surface area (Å²) in [4.78, 5) is 27.6. The number of ketones is 2. The van der Waals surface area contributed by atoms with Gasteiger partial charge < -0.3 is 19.8 Å². The number of rotatable bonds is 3. The SMILES string of the molecule is C[C@]12CCC(=O)C=C1CC[C@H]1[C@@H]2[C@H](O)C[C@@]2(C)[C@@H]1CC[C@]2(O)C(=O)CSC(=S)N1CCOCC1. The topological polar surface area (TPSA) is 87.1 Å². The number of ether oxygens (including phenoxy) is 1. The molecule has 3 saturated carbocycles. The second kappa shape index (κ2) is 8.94. The van der Waals surface area contributed by atoms with Gasteiger partial charge in [-0.2, -0.15) is 0 Å². The summed E-state index contributed by atoms with van der Waals surface area (Å²) in [6.07, 6.45) is 6.05. The Morgan fingerprint density at radius 2 is 1.97 bits per heavy atom. The molecule has 1 aliphatic heterocycles. The van der Waals surface area contributed by atoms with Crippen molar-refractivity contribution in [2.75, 3.05) is 32.1 Å². The van der Waals surface area contributed by atoms with E-state index in [1.54, 1.807) is 0 Å². The molecule has 0 aromatic heterocycles. The number of Topliss-reactive ketones (excluding diaryl/α,β-unsaturated/α-hetero) is 1. The Bertz CT molecular complexity index is 917. The Morgan fingerprint density at radius 1 is 1.24 bits per heavy atom. The van der Waals surface area contributed by atoms with E-state index in [0.717, 1.165) is 38.8 Å². The lowest BCUT2D eigenvalue weighted by Gasteiger charge is -2.60. The first-order valence-electron chi connectivity index (χ1n) is 12.8. The molecule has 5 aliphatic rings. The van der Waals surface area contributed by atoms with Crippen molar-refractivity contribution in [3.05, 3.63) is 11.6 Å². The molecule has 7 atom stereocenters. The summed E-state index contributed by atoms with van der Waals surface area (Å²) < 4.78 is 6.07. The molecule has 0 aromatic rings. The van der Waals surface area contributed by atoms with Gasteiger partial charge in [0.05, 0.1) is 25.1 Å². The van der Waals surface area contributed by atoms with Gasteiger partial charge >= 0.3 is 0 Å². The van der Waals surface area contributed by atoms with Gasteiger partial charge in [0.1, 0.15) is 9.92 Å². The van der Waals surface area contributed by atoms with E-state index in [0.29, 0.717) is 36.8 Å². The number of carbonyl (C=O) groups is 2. The van der Waals surface area contributed by atoms with Gasteiger partial charge in [-0.15, -0.1) is 0 Å². The van der Waals surface area contributed by atoms with Crippen LogP contribution in [-0.4, -0.2) is 74.8 Å². The number of fused-ring (bicyclic) bond motifs is 5. The van der Waals surface area contributed by atoms with E-state index in [1.807, 2.05) is 13.0 Å². The molecule has 0 unspecified atom stereocenters. The van der Waals surface area contributed by atoms with E-state index < -0.39 is 17.1 Å². The highest BCUT2D eigenvalue weighted by atomic mass is 32.2. The molecule has 0 amide bonds. The average molecular weight is 508 g/mol. The van der Waals surface area contributed by atoms with Crippen LogP contribution in [0.25, 0.3) is 0 Å². The van der Waals surface area contributed by atoms with E-state index in [1.165, 1.54) is 17.3 Å². The number of morpholine rings is 1. The van der Waals surface area contributed by atoms with Crippen molar-refractivity contribution < 1.29 is 24.5 Å². The number of aliphatic hydroxyl groups excluding tert-OH is 1. The summed E-state index contributed by atoms with van der Waals surface area (Å²) in [6, 6.07) is 0. The average Bonchev–Trinajstić information content (AvgIpc) is 3.09. The van der Waals surface area contributed by atoms with Crippen molar-refractivity contribution in [2.45, 2.75) is 70.5 Å². The Morgan fingerprint density at radius 3 is 2.71 bits per heavy atom. The summed E-state index contributed by atoms with van der Waals surface area (Å²) in [5.41, 5.74) is -1.04. The van der Waals surface area contributed by atoms with Crippen LogP contribution in [0.3, 0.4) is 0 Å². The molecule has 1 heterocycles. The molecule has 4 fully saturated rings. The largest absolute Gasteiger partial charge is 0.393 e. The maximum absolute atomic E-state index is 13.5. The number of carbonyl (C=O) groups excluding carboxylic acids is 2. The summed E-state index contributed by atoms with van der Waals surface area (Å²) in [5.74, 6) is 0.741. The van der Waals surface area contributed by atoms with Crippen LogP contribution in [0.1, 0.15) is 58.8 Å².